The topological polar surface area (TPSA) is 55.1 Å². The number of aliphatic carboxylic acids is 1. The normalized spacial score (nSPS) is 11.8. The molecule has 0 unspecified atom stereocenters. The minimum atomic E-state index is -4.57. The number of rotatable bonds is 5. The molecule has 0 aliphatic carbocycles. The van der Waals surface area contributed by atoms with Crippen LogP contribution in [0.4, 0.5) is 17.6 Å². The molecule has 0 aliphatic heterocycles. The van der Waals surface area contributed by atoms with E-state index in [2.05, 4.69) is 4.98 Å². The van der Waals surface area contributed by atoms with E-state index in [1.54, 1.807) is 10.6 Å². The van der Waals surface area contributed by atoms with Gasteiger partial charge in [-0.25, -0.2) is 9.37 Å². The molecule has 1 aromatic carbocycles. The van der Waals surface area contributed by atoms with Crippen LogP contribution in [0.1, 0.15) is 23.4 Å². The first-order valence-electron chi connectivity index (χ1n) is 7.76. The Kier molecular flexibility index (Phi) is 4.67. The molecule has 4 nitrogen and oxygen atoms in total. The molecule has 26 heavy (non-hydrogen) atoms. The molecule has 3 rings (SSSR count). The highest BCUT2D eigenvalue weighted by Gasteiger charge is 2.32. The highest BCUT2D eigenvalue weighted by Crippen LogP contribution is 2.30. The summed E-state index contributed by atoms with van der Waals surface area (Å²) in [7, 11) is 0. The Bertz CT molecular complexity index is 963. The molecule has 0 radical (unpaired) electrons. The quantitative estimate of drug-likeness (QED) is 0.687. The zero-order valence-corrected chi connectivity index (χ0v) is 13.4. The Balaban J connectivity index is 2.07. The fourth-order valence-electron chi connectivity index (χ4n) is 2.80. The average molecular weight is 366 g/mol. The lowest BCUT2D eigenvalue weighted by Gasteiger charge is -2.11. The maximum absolute atomic E-state index is 13.4. The number of alkyl halides is 3. The molecular formula is C18H14F4N2O2. The smallest absolute Gasteiger partial charge is 0.433 e. The van der Waals surface area contributed by atoms with E-state index in [1.165, 1.54) is 30.3 Å². The van der Waals surface area contributed by atoms with Gasteiger partial charge in [0.2, 0.25) is 0 Å². The number of aromatic nitrogens is 2. The summed E-state index contributed by atoms with van der Waals surface area (Å²) in [6, 6.07) is 9.47. The summed E-state index contributed by atoms with van der Waals surface area (Å²) in [5, 5.41) is 8.89. The van der Waals surface area contributed by atoms with Gasteiger partial charge in [-0.1, -0.05) is 12.1 Å². The minimum absolute atomic E-state index is 0.122. The molecule has 0 saturated carbocycles. The third-order valence-corrected chi connectivity index (χ3v) is 3.96. The third-order valence-electron chi connectivity index (χ3n) is 3.96. The lowest BCUT2D eigenvalue weighted by molar-refractivity contribution is -0.141. The zero-order chi connectivity index (χ0) is 18.9. The molecule has 8 heteroatoms. The molecule has 0 aliphatic rings. The van der Waals surface area contributed by atoms with Crippen LogP contribution in [0, 0.1) is 5.82 Å². The van der Waals surface area contributed by atoms with Crippen LogP contribution < -0.4 is 0 Å². The van der Waals surface area contributed by atoms with Gasteiger partial charge in [-0.05, 0) is 42.3 Å². The van der Waals surface area contributed by atoms with Crippen molar-refractivity contribution in [3.63, 3.8) is 0 Å². The number of hydrogen-bond donors (Lipinski definition) is 1. The van der Waals surface area contributed by atoms with Gasteiger partial charge in [-0.3, -0.25) is 4.79 Å². The van der Waals surface area contributed by atoms with E-state index >= 15 is 0 Å². The first-order valence-corrected chi connectivity index (χ1v) is 7.76. The van der Waals surface area contributed by atoms with E-state index in [4.69, 9.17) is 5.11 Å². The van der Waals surface area contributed by atoms with Crippen molar-refractivity contribution >= 4 is 17.0 Å². The summed E-state index contributed by atoms with van der Waals surface area (Å²) >= 11 is 0. The maximum atomic E-state index is 13.4. The molecule has 0 atom stereocenters. The molecule has 2 aromatic heterocycles. The van der Waals surface area contributed by atoms with Crippen molar-refractivity contribution in [2.75, 3.05) is 0 Å². The van der Waals surface area contributed by atoms with E-state index in [9.17, 15) is 22.4 Å². The molecule has 0 fully saturated rings. The highest BCUT2D eigenvalue weighted by atomic mass is 19.4. The first kappa shape index (κ1) is 17.9. The summed E-state index contributed by atoms with van der Waals surface area (Å²) in [6.07, 6.45) is -4.62. The molecule has 1 N–H and O–H groups in total. The SMILES string of the molecule is O=C(O)CCc1cc2nc(C(F)(F)F)ccc2n1Cc1cccc(F)c1. The highest BCUT2D eigenvalue weighted by molar-refractivity contribution is 5.78. The van der Waals surface area contributed by atoms with Crippen molar-refractivity contribution < 1.29 is 27.5 Å². The van der Waals surface area contributed by atoms with Crippen LogP contribution in [0.25, 0.3) is 11.0 Å². The summed E-state index contributed by atoms with van der Waals surface area (Å²) in [5.74, 6) is -1.44. The van der Waals surface area contributed by atoms with Crippen molar-refractivity contribution in [3.05, 3.63) is 65.2 Å². The van der Waals surface area contributed by atoms with Crippen molar-refractivity contribution in [2.24, 2.45) is 0 Å². The Morgan fingerprint density at radius 2 is 1.92 bits per heavy atom. The number of carboxylic acids is 1. The van der Waals surface area contributed by atoms with Gasteiger partial charge in [-0.15, -0.1) is 0 Å². The van der Waals surface area contributed by atoms with E-state index in [0.29, 0.717) is 16.8 Å². The van der Waals surface area contributed by atoms with Gasteiger partial charge in [0.1, 0.15) is 11.5 Å². The zero-order valence-electron chi connectivity index (χ0n) is 13.4. The number of hydrogen-bond acceptors (Lipinski definition) is 2. The second kappa shape index (κ2) is 6.78. The second-order valence-electron chi connectivity index (χ2n) is 5.84. The van der Waals surface area contributed by atoms with Crippen LogP contribution in [0.15, 0.2) is 42.5 Å². The number of benzene rings is 1. The number of aryl methyl sites for hydroxylation is 1. The number of fused-ring (bicyclic) bond motifs is 1. The van der Waals surface area contributed by atoms with E-state index < -0.39 is 23.7 Å². The molecule has 3 aromatic rings. The second-order valence-corrected chi connectivity index (χ2v) is 5.84. The lowest BCUT2D eigenvalue weighted by Crippen LogP contribution is -2.08. The molecule has 0 saturated heterocycles. The predicted octanol–water partition coefficient (Wildman–Crippen LogP) is 4.26. The Morgan fingerprint density at radius 1 is 1.15 bits per heavy atom. The summed E-state index contributed by atoms with van der Waals surface area (Å²) in [5.41, 5.74) is 0.675. The number of halogens is 4. The molecule has 0 bridgehead atoms. The predicted molar refractivity (Wildman–Crippen MR) is 86.2 cm³/mol. The molecule has 0 amide bonds. The largest absolute Gasteiger partial charge is 0.481 e. The van der Waals surface area contributed by atoms with E-state index in [0.717, 1.165) is 6.07 Å². The Hall–Kier alpha value is -2.90. The maximum Gasteiger partial charge on any atom is 0.433 e. The van der Waals surface area contributed by atoms with Crippen LogP contribution in [0.2, 0.25) is 0 Å². The molecule has 0 spiro atoms. The van der Waals surface area contributed by atoms with Gasteiger partial charge < -0.3 is 9.67 Å². The van der Waals surface area contributed by atoms with Crippen LogP contribution in [-0.2, 0) is 23.9 Å². The Labute approximate surface area is 145 Å². The van der Waals surface area contributed by atoms with Crippen LogP contribution in [0.3, 0.4) is 0 Å². The lowest BCUT2D eigenvalue weighted by atomic mass is 10.2. The number of pyridine rings is 1. The fourth-order valence-corrected chi connectivity index (χ4v) is 2.80. The van der Waals surface area contributed by atoms with Gasteiger partial charge in [0.15, 0.2) is 0 Å². The minimum Gasteiger partial charge on any atom is -0.481 e. The van der Waals surface area contributed by atoms with Crippen LogP contribution in [0.5, 0.6) is 0 Å². The average Bonchev–Trinajstić information content (AvgIpc) is 2.89. The molecule has 136 valence electrons. The van der Waals surface area contributed by atoms with Gasteiger partial charge in [-0.2, -0.15) is 13.2 Å². The van der Waals surface area contributed by atoms with Crippen molar-refractivity contribution in [3.8, 4) is 0 Å². The first-order chi connectivity index (χ1) is 12.2. The van der Waals surface area contributed by atoms with Gasteiger partial charge in [0, 0.05) is 12.2 Å². The molecule has 2 heterocycles. The van der Waals surface area contributed by atoms with E-state index in [-0.39, 0.29) is 24.9 Å². The monoisotopic (exact) mass is 366 g/mol. The van der Waals surface area contributed by atoms with Gasteiger partial charge >= 0.3 is 12.1 Å². The van der Waals surface area contributed by atoms with Crippen molar-refractivity contribution in [1.29, 1.82) is 0 Å². The fraction of sp³-hybridized carbons (Fsp3) is 0.222. The Morgan fingerprint density at radius 3 is 2.58 bits per heavy atom. The molecular weight excluding hydrogens is 352 g/mol. The summed E-state index contributed by atoms with van der Waals surface area (Å²) in [6.45, 7) is 0.198. The number of carboxylic acid groups (broad SMARTS) is 1. The third kappa shape index (κ3) is 3.84. The van der Waals surface area contributed by atoms with Crippen LogP contribution in [-0.4, -0.2) is 20.6 Å². The number of carbonyl (C=O) groups is 1. The number of nitrogens with zero attached hydrogens (tertiary/aromatic N) is 2. The van der Waals surface area contributed by atoms with Crippen LogP contribution >= 0.6 is 0 Å². The summed E-state index contributed by atoms with van der Waals surface area (Å²) < 4.78 is 53.7. The van der Waals surface area contributed by atoms with Gasteiger partial charge in [0.25, 0.3) is 0 Å². The van der Waals surface area contributed by atoms with E-state index in [1.807, 2.05) is 0 Å². The van der Waals surface area contributed by atoms with Crippen molar-refractivity contribution in [1.82, 2.24) is 9.55 Å². The van der Waals surface area contributed by atoms with Gasteiger partial charge in [0.05, 0.1) is 17.5 Å². The summed E-state index contributed by atoms with van der Waals surface area (Å²) in [4.78, 5) is 14.5. The standard InChI is InChI=1S/C18H14F4N2O2/c19-12-3-1-2-11(8-12)10-24-13(4-7-17(25)26)9-14-15(24)5-6-16(23-14)18(20,21)22/h1-3,5-6,8-9H,4,7,10H2,(H,25,26). The van der Waals surface area contributed by atoms with Crippen molar-refractivity contribution in [2.45, 2.75) is 25.6 Å².